The Morgan fingerprint density at radius 3 is 2.22 bits per heavy atom. The summed E-state index contributed by atoms with van der Waals surface area (Å²) in [5.41, 5.74) is 0.862. The number of hydrogen-bond donors (Lipinski definition) is 2. The molecule has 3 nitrogen and oxygen atoms in total. The van der Waals surface area contributed by atoms with Gasteiger partial charge in [0.2, 0.25) is 0 Å². The molecule has 0 bridgehead atoms. The molecule has 0 aliphatic rings. The van der Waals surface area contributed by atoms with Gasteiger partial charge in [-0.05, 0) is 30.2 Å². The molecule has 0 aromatic heterocycles. The molecule has 23 heavy (non-hydrogen) atoms. The lowest BCUT2D eigenvalue weighted by atomic mass is 10.1. The Balaban J connectivity index is 1.85. The van der Waals surface area contributed by atoms with E-state index in [1.54, 1.807) is 0 Å². The van der Waals surface area contributed by atoms with Crippen LogP contribution in [0.25, 0.3) is 0 Å². The molecule has 2 aromatic rings. The number of halogens is 3. The van der Waals surface area contributed by atoms with Crippen LogP contribution in [0.3, 0.4) is 0 Å². The van der Waals surface area contributed by atoms with Gasteiger partial charge in [0.05, 0.1) is 11.6 Å². The fraction of sp³-hybridized carbons (Fsp3) is 0.235. The number of nitrogens with one attached hydrogen (secondary N) is 2. The Morgan fingerprint density at radius 1 is 1.04 bits per heavy atom. The van der Waals surface area contributed by atoms with Gasteiger partial charge in [0, 0.05) is 6.54 Å². The molecule has 2 N–H and O–H groups in total. The minimum atomic E-state index is -4.35. The normalized spacial score (nSPS) is 12.5. The van der Waals surface area contributed by atoms with E-state index in [-0.39, 0.29) is 18.6 Å². The first-order valence-corrected chi connectivity index (χ1v) is 7.11. The van der Waals surface area contributed by atoms with Gasteiger partial charge in [0.15, 0.2) is 0 Å². The van der Waals surface area contributed by atoms with Gasteiger partial charge in [-0.25, -0.2) is 4.79 Å². The highest BCUT2D eigenvalue weighted by molar-refractivity contribution is 5.74. The van der Waals surface area contributed by atoms with E-state index >= 15 is 0 Å². The first-order chi connectivity index (χ1) is 10.9. The zero-order valence-electron chi connectivity index (χ0n) is 12.5. The molecule has 2 amide bonds. The van der Waals surface area contributed by atoms with Crippen molar-refractivity contribution in [2.75, 3.05) is 0 Å². The van der Waals surface area contributed by atoms with Crippen LogP contribution in [0.5, 0.6) is 0 Å². The third-order valence-corrected chi connectivity index (χ3v) is 3.38. The highest BCUT2D eigenvalue weighted by Crippen LogP contribution is 2.29. The Bertz CT molecular complexity index is 639. The molecule has 0 unspecified atom stereocenters. The van der Waals surface area contributed by atoms with Crippen molar-refractivity contribution in [3.05, 3.63) is 71.3 Å². The highest BCUT2D eigenvalue weighted by Gasteiger charge is 2.29. The monoisotopic (exact) mass is 322 g/mol. The fourth-order valence-electron chi connectivity index (χ4n) is 2.07. The second kappa shape index (κ2) is 7.17. The quantitative estimate of drug-likeness (QED) is 0.867. The van der Waals surface area contributed by atoms with E-state index in [1.165, 1.54) is 12.1 Å². The maximum Gasteiger partial charge on any atom is 0.416 e. The van der Waals surface area contributed by atoms with Gasteiger partial charge < -0.3 is 10.6 Å². The van der Waals surface area contributed by atoms with Crippen LogP contribution in [0, 0.1) is 0 Å². The molecule has 0 fully saturated rings. The number of amides is 2. The van der Waals surface area contributed by atoms with Crippen molar-refractivity contribution in [2.24, 2.45) is 0 Å². The Kier molecular flexibility index (Phi) is 5.26. The summed E-state index contributed by atoms with van der Waals surface area (Å²) in [7, 11) is 0. The molecule has 0 saturated heterocycles. The van der Waals surface area contributed by atoms with Crippen LogP contribution < -0.4 is 10.6 Å². The van der Waals surface area contributed by atoms with Crippen LogP contribution in [0.4, 0.5) is 18.0 Å². The van der Waals surface area contributed by atoms with Crippen molar-refractivity contribution in [3.8, 4) is 0 Å². The average Bonchev–Trinajstić information content (AvgIpc) is 2.53. The summed E-state index contributed by atoms with van der Waals surface area (Å²) in [4.78, 5) is 11.8. The smallest absolute Gasteiger partial charge is 0.334 e. The third-order valence-electron chi connectivity index (χ3n) is 3.38. The Morgan fingerprint density at radius 2 is 1.65 bits per heavy atom. The van der Waals surface area contributed by atoms with E-state index in [1.807, 2.05) is 37.3 Å². The molecule has 0 heterocycles. The zero-order valence-corrected chi connectivity index (χ0v) is 12.5. The molecule has 0 aliphatic heterocycles. The lowest BCUT2D eigenvalue weighted by Crippen LogP contribution is -2.36. The van der Waals surface area contributed by atoms with Crippen LogP contribution in [0.1, 0.15) is 29.7 Å². The molecular weight excluding hydrogens is 305 g/mol. The van der Waals surface area contributed by atoms with Gasteiger partial charge in [0.1, 0.15) is 0 Å². The number of carbonyl (C=O) groups is 1. The minimum Gasteiger partial charge on any atom is -0.334 e. The summed E-state index contributed by atoms with van der Waals surface area (Å²) in [5.74, 6) is 0. The largest absolute Gasteiger partial charge is 0.416 e. The maximum atomic E-state index is 12.5. The van der Waals surface area contributed by atoms with E-state index in [0.717, 1.165) is 17.7 Å². The van der Waals surface area contributed by atoms with Crippen molar-refractivity contribution in [2.45, 2.75) is 25.7 Å². The second-order valence-electron chi connectivity index (χ2n) is 5.15. The minimum absolute atomic E-state index is 0.158. The predicted octanol–water partition coefficient (Wildman–Crippen LogP) is 4.27. The molecule has 1 atom stereocenters. The lowest BCUT2D eigenvalue weighted by molar-refractivity contribution is -0.137. The van der Waals surface area contributed by atoms with Crippen molar-refractivity contribution in [3.63, 3.8) is 0 Å². The lowest BCUT2D eigenvalue weighted by Gasteiger charge is -2.15. The van der Waals surface area contributed by atoms with Crippen LogP contribution in [-0.4, -0.2) is 6.03 Å². The van der Waals surface area contributed by atoms with Gasteiger partial charge in [-0.3, -0.25) is 0 Å². The molecular formula is C17H17F3N2O. The van der Waals surface area contributed by atoms with Gasteiger partial charge in [-0.1, -0.05) is 42.5 Å². The Hall–Kier alpha value is -2.50. The summed E-state index contributed by atoms with van der Waals surface area (Å²) in [6, 6.07) is 13.6. The molecule has 0 spiro atoms. The number of rotatable bonds is 4. The van der Waals surface area contributed by atoms with E-state index in [0.29, 0.717) is 5.56 Å². The molecule has 2 rings (SSSR count). The van der Waals surface area contributed by atoms with Crippen molar-refractivity contribution in [1.29, 1.82) is 0 Å². The number of alkyl halides is 3. The predicted molar refractivity (Wildman–Crippen MR) is 81.7 cm³/mol. The molecule has 0 aliphatic carbocycles. The first-order valence-electron chi connectivity index (χ1n) is 7.11. The first kappa shape index (κ1) is 16.9. The molecule has 122 valence electrons. The van der Waals surface area contributed by atoms with Gasteiger partial charge in [0.25, 0.3) is 0 Å². The molecule has 2 aromatic carbocycles. The van der Waals surface area contributed by atoms with Crippen LogP contribution >= 0.6 is 0 Å². The Labute approximate surface area is 132 Å². The fourth-order valence-corrected chi connectivity index (χ4v) is 2.07. The van der Waals surface area contributed by atoms with E-state index < -0.39 is 11.7 Å². The average molecular weight is 322 g/mol. The van der Waals surface area contributed by atoms with Gasteiger partial charge >= 0.3 is 12.2 Å². The number of urea groups is 1. The summed E-state index contributed by atoms with van der Waals surface area (Å²) in [6.45, 7) is 2.01. The van der Waals surface area contributed by atoms with Crippen molar-refractivity contribution in [1.82, 2.24) is 10.6 Å². The topological polar surface area (TPSA) is 41.1 Å². The summed E-state index contributed by atoms with van der Waals surface area (Å²) < 4.78 is 37.4. The molecule has 0 saturated carbocycles. The zero-order chi connectivity index (χ0) is 16.9. The third kappa shape index (κ3) is 5.02. The summed E-state index contributed by atoms with van der Waals surface area (Å²) >= 11 is 0. The van der Waals surface area contributed by atoms with Crippen LogP contribution in [0.15, 0.2) is 54.6 Å². The highest BCUT2D eigenvalue weighted by atomic mass is 19.4. The van der Waals surface area contributed by atoms with Crippen LogP contribution in [0.2, 0.25) is 0 Å². The summed E-state index contributed by atoms with van der Waals surface area (Å²) in [5, 5.41) is 5.40. The SMILES string of the molecule is C[C@@H](NC(=O)NCc1ccc(C(F)(F)F)cc1)c1ccccc1. The molecule has 0 radical (unpaired) electrons. The van der Waals surface area contributed by atoms with E-state index in [2.05, 4.69) is 10.6 Å². The van der Waals surface area contributed by atoms with E-state index in [9.17, 15) is 18.0 Å². The molecule has 6 heteroatoms. The van der Waals surface area contributed by atoms with Crippen molar-refractivity contribution >= 4 is 6.03 Å². The van der Waals surface area contributed by atoms with Crippen LogP contribution in [-0.2, 0) is 12.7 Å². The maximum absolute atomic E-state index is 12.5. The van der Waals surface area contributed by atoms with E-state index in [4.69, 9.17) is 0 Å². The van der Waals surface area contributed by atoms with Gasteiger partial charge in [-0.15, -0.1) is 0 Å². The number of hydrogen-bond acceptors (Lipinski definition) is 1. The summed E-state index contributed by atoms with van der Waals surface area (Å²) in [6.07, 6.45) is -4.35. The van der Waals surface area contributed by atoms with Crippen molar-refractivity contribution < 1.29 is 18.0 Å². The van der Waals surface area contributed by atoms with Gasteiger partial charge in [-0.2, -0.15) is 13.2 Å². The number of carbonyl (C=O) groups excluding carboxylic acids is 1. The second-order valence-corrected chi connectivity index (χ2v) is 5.15. The standard InChI is InChI=1S/C17H17F3N2O/c1-12(14-5-3-2-4-6-14)22-16(23)21-11-13-7-9-15(10-8-13)17(18,19)20/h2-10,12H,11H2,1H3,(H2,21,22,23)/t12-/m1/s1. The number of benzene rings is 2.